The quantitative estimate of drug-likeness (QED) is 0.556. The summed E-state index contributed by atoms with van der Waals surface area (Å²) in [7, 11) is 3.33. The highest BCUT2D eigenvalue weighted by Gasteiger charge is 2.28. The Morgan fingerprint density at radius 3 is 2.49 bits per heavy atom. The Balaban J connectivity index is 2.00. The summed E-state index contributed by atoms with van der Waals surface area (Å²) >= 11 is 3.48. The molecule has 0 atom stereocenters. The summed E-state index contributed by atoms with van der Waals surface area (Å²) in [4.78, 5) is 35.5. The van der Waals surface area contributed by atoms with Gasteiger partial charge in [0.2, 0.25) is 0 Å². The Labute approximate surface area is 213 Å². The van der Waals surface area contributed by atoms with Crippen molar-refractivity contribution in [3.8, 4) is 17.3 Å². The summed E-state index contributed by atoms with van der Waals surface area (Å²) in [6.07, 6.45) is 0.286. The number of amides is 2. The minimum absolute atomic E-state index is 0.0562. The lowest BCUT2D eigenvalue weighted by Crippen LogP contribution is -2.39. The van der Waals surface area contributed by atoms with Crippen molar-refractivity contribution < 1.29 is 18.7 Å². The summed E-state index contributed by atoms with van der Waals surface area (Å²) in [6.45, 7) is 7.43. The molecule has 1 aliphatic heterocycles. The van der Waals surface area contributed by atoms with Crippen LogP contribution in [0.4, 0.5) is 15.0 Å². The molecule has 0 unspecified atom stereocenters. The number of benzene rings is 1. The maximum Gasteiger partial charge on any atom is 0.410 e. The monoisotopic (exact) mass is 545 g/mol. The first kappa shape index (κ1) is 26.4. The number of anilines is 1. The van der Waals surface area contributed by atoms with Gasteiger partial charge in [0.15, 0.2) is 0 Å². The summed E-state index contributed by atoms with van der Waals surface area (Å²) in [5.41, 5.74) is 0.674. The standard InChI is InChI=1S/C25H29BrFN5O3/c1-25(2,3)35-24(34)32-10-6-9-31(11-12-32)22-18(23(33)30(4)5)14-19(26)21(29-22)16-7-8-17(15-28)20(27)13-16/h7-8,13-14H,6,9-12H2,1-5H3. The molecule has 0 aliphatic carbocycles. The van der Waals surface area contributed by atoms with Crippen molar-refractivity contribution in [3.63, 3.8) is 0 Å². The third-order valence-corrected chi connectivity index (χ3v) is 6.01. The van der Waals surface area contributed by atoms with Crippen LogP contribution in [0.1, 0.15) is 43.1 Å². The predicted molar refractivity (Wildman–Crippen MR) is 135 cm³/mol. The van der Waals surface area contributed by atoms with Crippen LogP contribution >= 0.6 is 15.9 Å². The zero-order chi connectivity index (χ0) is 25.9. The zero-order valence-corrected chi connectivity index (χ0v) is 22.1. The second-order valence-corrected chi connectivity index (χ2v) is 10.4. The van der Waals surface area contributed by atoms with Crippen LogP contribution in [0.3, 0.4) is 0 Å². The van der Waals surface area contributed by atoms with Crippen LogP contribution in [0.5, 0.6) is 0 Å². The molecule has 1 aromatic carbocycles. The number of hydrogen-bond acceptors (Lipinski definition) is 6. The first-order chi connectivity index (χ1) is 16.4. The molecule has 3 rings (SSSR count). The van der Waals surface area contributed by atoms with E-state index in [0.717, 1.165) is 0 Å². The van der Waals surface area contributed by atoms with Gasteiger partial charge in [-0.25, -0.2) is 14.2 Å². The van der Waals surface area contributed by atoms with E-state index in [1.165, 1.54) is 17.0 Å². The highest BCUT2D eigenvalue weighted by atomic mass is 79.9. The Hall–Kier alpha value is -3.19. The Morgan fingerprint density at radius 1 is 1.17 bits per heavy atom. The number of ether oxygens (including phenoxy) is 1. The van der Waals surface area contributed by atoms with Gasteiger partial charge in [-0.2, -0.15) is 5.26 Å². The van der Waals surface area contributed by atoms with Gasteiger partial charge in [-0.05, 0) is 61.3 Å². The number of carbonyl (C=O) groups is 2. The topological polar surface area (TPSA) is 89.8 Å². The minimum Gasteiger partial charge on any atom is -0.444 e. The molecule has 1 saturated heterocycles. The number of nitrogens with zero attached hydrogens (tertiary/aromatic N) is 5. The van der Waals surface area contributed by atoms with Gasteiger partial charge in [0.05, 0.1) is 16.8 Å². The Bertz CT molecular complexity index is 1170. The smallest absolute Gasteiger partial charge is 0.410 e. The van der Waals surface area contributed by atoms with Crippen LogP contribution in [0.15, 0.2) is 28.7 Å². The van der Waals surface area contributed by atoms with E-state index in [0.29, 0.717) is 59.7 Å². The molecule has 0 bridgehead atoms. The van der Waals surface area contributed by atoms with Crippen LogP contribution in [-0.2, 0) is 4.74 Å². The van der Waals surface area contributed by atoms with E-state index in [1.807, 2.05) is 31.7 Å². The molecule has 1 fully saturated rings. The van der Waals surface area contributed by atoms with E-state index < -0.39 is 11.4 Å². The van der Waals surface area contributed by atoms with Gasteiger partial charge in [-0.1, -0.05) is 6.07 Å². The van der Waals surface area contributed by atoms with Crippen LogP contribution in [-0.4, -0.2) is 72.7 Å². The van der Waals surface area contributed by atoms with E-state index in [2.05, 4.69) is 15.9 Å². The largest absolute Gasteiger partial charge is 0.444 e. The molecule has 0 N–H and O–H groups in total. The first-order valence-electron chi connectivity index (χ1n) is 11.3. The van der Waals surface area contributed by atoms with E-state index in [4.69, 9.17) is 15.0 Å². The summed E-state index contributed by atoms with van der Waals surface area (Å²) in [6, 6.07) is 7.79. The summed E-state index contributed by atoms with van der Waals surface area (Å²) in [5.74, 6) is -0.409. The van der Waals surface area contributed by atoms with Gasteiger partial charge >= 0.3 is 6.09 Å². The molecule has 10 heteroatoms. The molecule has 1 aliphatic rings. The number of rotatable bonds is 3. The average molecular weight is 546 g/mol. The zero-order valence-electron chi connectivity index (χ0n) is 20.6. The average Bonchev–Trinajstić information content (AvgIpc) is 3.03. The fraction of sp³-hybridized carbons (Fsp3) is 0.440. The Kier molecular flexibility index (Phi) is 8.00. The van der Waals surface area contributed by atoms with Gasteiger partial charge in [-0.3, -0.25) is 4.79 Å². The molecule has 2 heterocycles. The van der Waals surface area contributed by atoms with Crippen LogP contribution < -0.4 is 4.90 Å². The predicted octanol–water partition coefficient (Wildman–Crippen LogP) is 4.67. The normalized spacial score (nSPS) is 14.2. The third kappa shape index (κ3) is 6.28. The van der Waals surface area contributed by atoms with Crippen molar-refractivity contribution in [2.24, 2.45) is 0 Å². The van der Waals surface area contributed by atoms with E-state index in [9.17, 15) is 14.0 Å². The molecule has 8 nitrogen and oxygen atoms in total. The highest BCUT2D eigenvalue weighted by Crippen LogP contribution is 2.33. The van der Waals surface area contributed by atoms with Gasteiger partial charge in [0.25, 0.3) is 5.91 Å². The lowest BCUT2D eigenvalue weighted by molar-refractivity contribution is 0.0263. The van der Waals surface area contributed by atoms with Crippen molar-refractivity contribution >= 4 is 33.7 Å². The summed E-state index contributed by atoms with van der Waals surface area (Å²) < 4.78 is 20.4. The van der Waals surface area contributed by atoms with Crippen molar-refractivity contribution in [2.45, 2.75) is 32.8 Å². The Morgan fingerprint density at radius 2 is 1.89 bits per heavy atom. The molecular weight excluding hydrogens is 517 g/mol. The van der Waals surface area contributed by atoms with E-state index in [-0.39, 0.29) is 17.6 Å². The number of pyridine rings is 1. The molecular formula is C25H29BrFN5O3. The molecule has 2 amide bonds. The first-order valence-corrected chi connectivity index (χ1v) is 12.1. The maximum atomic E-state index is 14.3. The van der Waals surface area contributed by atoms with Crippen molar-refractivity contribution in [2.75, 3.05) is 45.2 Å². The second-order valence-electron chi connectivity index (χ2n) is 9.50. The van der Waals surface area contributed by atoms with Gasteiger partial charge in [-0.15, -0.1) is 0 Å². The van der Waals surface area contributed by atoms with E-state index >= 15 is 0 Å². The van der Waals surface area contributed by atoms with Crippen LogP contribution in [0, 0.1) is 17.1 Å². The number of carbonyl (C=O) groups excluding carboxylic acids is 2. The van der Waals surface area contributed by atoms with Crippen LogP contribution in [0.2, 0.25) is 0 Å². The van der Waals surface area contributed by atoms with Crippen molar-refractivity contribution in [1.82, 2.24) is 14.8 Å². The van der Waals surface area contributed by atoms with E-state index in [1.54, 1.807) is 31.1 Å². The molecule has 1 aromatic heterocycles. The third-order valence-electron chi connectivity index (χ3n) is 5.40. The van der Waals surface area contributed by atoms with Crippen LogP contribution in [0.25, 0.3) is 11.3 Å². The maximum absolute atomic E-state index is 14.3. The lowest BCUT2D eigenvalue weighted by atomic mass is 10.1. The van der Waals surface area contributed by atoms with Gasteiger partial charge in [0, 0.05) is 50.3 Å². The number of nitriles is 1. The van der Waals surface area contributed by atoms with Gasteiger partial charge in [0.1, 0.15) is 23.3 Å². The molecule has 0 radical (unpaired) electrons. The number of hydrogen-bond donors (Lipinski definition) is 0. The molecule has 186 valence electrons. The summed E-state index contributed by atoms with van der Waals surface area (Å²) in [5, 5.41) is 9.05. The van der Waals surface area contributed by atoms with Crippen molar-refractivity contribution in [3.05, 3.63) is 45.7 Å². The molecule has 35 heavy (non-hydrogen) atoms. The second kappa shape index (κ2) is 10.6. The SMILES string of the molecule is CN(C)C(=O)c1cc(Br)c(-c2ccc(C#N)c(F)c2)nc1N1CCCN(C(=O)OC(C)(C)C)CC1. The van der Waals surface area contributed by atoms with Gasteiger partial charge < -0.3 is 19.4 Å². The number of aromatic nitrogens is 1. The highest BCUT2D eigenvalue weighted by molar-refractivity contribution is 9.10. The molecule has 0 saturated carbocycles. The molecule has 2 aromatic rings. The van der Waals surface area contributed by atoms with Crippen molar-refractivity contribution in [1.29, 1.82) is 5.26 Å². The fourth-order valence-corrected chi connectivity index (χ4v) is 4.26. The fourth-order valence-electron chi connectivity index (χ4n) is 3.71. The lowest BCUT2D eigenvalue weighted by Gasteiger charge is -2.27. The minimum atomic E-state index is -0.642. The molecule has 0 spiro atoms. The number of halogens is 2.